The van der Waals surface area contributed by atoms with E-state index >= 15 is 0 Å². The molecule has 3 aromatic rings. The van der Waals surface area contributed by atoms with Crippen LogP contribution in [0.15, 0.2) is 65.9 Å². The van der Waals surface area contributed by atoms with Gasteiger partial charge >= 0.3 is 0 Å². The van der Waals surface area contributed by atoms with Crippen LogP contribution < -0.4 is 31.3 Å². The highest BCUT2D eigenvalue weighted by molar-refractivity contribution is 6.09. The molecule has 2 saturated heterocycles. The summed E-state index contributed by atoms with van der Waals surface area (Å²) in [7, 11) is 1.79. The van der Waals surface area contributed by atoms with Crippen LogP contribution in [0, 0.1) is 5.41 Å². The summed E-state index contributed by atoms with van der Waals surface area (Å²) in [6.45, 7) is 6.75. The first-order valence-corrected chi connectivity index (χ1v) is 22.5. The van der Waals surface area contributed by atoms with Crippen molar-refractivity contribution in [2.24, 2.45) is 5.73 Å². The number of fused-ring (bicyclic) bond motifs is 2. The Morgan fingerprint density at radius 3 is 2.42 bits per heavy atom. The first kappa shape index (κ1) is 44.9. The number of imide groups is 1. The summed E-state index contributed by atoms with van der Waals surface area (Å²) < 4.78 is 35.4. The number of aryl methyl sites for hydroxylation is 1. The highest BCUT2D eigenvalue weighted by Crippen LogP contribution is 2.39. The van der Waals surface area contributed by atoms with E-state index < -0.39 is 18.4 Å². The van der Waals surface area contributed by atoms with Crippen LogP contribution in [0.1, 0.15) is 102 Å². The van der Waals surface area contributed by atoms with Gasteiger partial charge in [-0.1, -0.05) is 36.4 Å². The Morgan fingerprint density at radius 1 is 0.953 bits per heavy atom. The van der Waals surface area contributed by atoms with Gasteiger partial charge in [-0.25, -0.2) is 8.78 Å². The van der Waals surface area contributed by atoms with Crippen molar-refractivity contribution in [2.75, 3.05) is 57.8 Å². The molecule has 0 bridgehead atoms. The fourth-order valence-corrected chi connectivity index (χ4v) is 9.92. The summed E-state index contributed by atoms with van der Waals surface area (Å²) >= 11 is 0. The Hall–Kier alpha value is -5.71. The van der Waals surface area contributed by atoms with Crippen LogP contribution in [0.3, 0.4) is 0 Å². The topological polar surface area (TPSA) is 176 Å². The number of alkyl halides is 2. The van der Waals surface area contributed by atoms with Gasteiger partial charge in [-0.3, -0.25) is 34.8 Å². The Labute approximate surface area is 373 Å². The second kappa shape index (κ2) is 19.6. The smallest absolute Gasteiger partial charge is 0.264 e. The third-order valence-corrected chi connectivity index (χ3v) is 13.5. The lowest BCUT2D eigenvalue weighted by Gasteiger charge is -2.39. The van der Waals surface area contributed by atoms with E-state index in [1.54, 1.807) is 37.1 Å². The van der Waals surface area contributed by atoms with E-state index in [1.165, 1.54) is 10.5 Å². The maximum Gasteiger partial charge on any atom is 0.264 e. The van der Waals surface area contributed by atoms with Gasteiger partial charge in [0, 0.05) is 111 Å². The van der Waals surface area contributed by atoms with Gasteiger partial charge in [-0.15, -0.1) is 0 Å². The Bertz CT molecular complexity index is 2310. The number of amides is 4. The molecule has 0 spiro atoms. The van der Waals surface area contributed by atoms with E-state index in [-0.39, 0.29) is 67.1 Å². The van der Waals surface area contributed by atoms with Gasteiger partial charge in [0.25, 0.3) is 12.3 Å². The van der Waals surface area contributed by atoms with E-state index in [0.29, 0.717) is 61.6 Å². The van der Waals surface area contributed by atoms with Crippen molar-refractivity contribution in [1.82, 2.24) is 30.7 Å². The van der Waals surface area contributed by atoms with Crippen molar-refractivity contribution < 1.29 is 32.7 Å². The lowest BCUT2D eigenvalue weighted by molar-refractivity contribution is -0.137. The Balaban J connectivity index is 0.881. The average Bonchev–Trinajstić information content (AvgIpc) is 3.63. The molecule has 2 unspecified atom stereocenters. The zero-order chi connectivity index (χ0) is 45.1. The molecule has 16 heteroatoms. The Kier molecular flexibility index (Phi) is 13.7. The average molecular weight is 880 g/mol. The number of rotatable bonds is 14. The van der Waals surface area contributed by atoms with Crippen molar-refractivity contribution >= 4 is 35.2 Å². The second-order valence-corrected chi connectivity index (χ2v) is 17.6. The normalized spacial score (nSPS) is 20.1. The molecule has 64 heavy (non-hydrogen) atoms. The van der Waals surface area contributed by atoms with Gasteiger partial charge in [0.2, 0.25) is 17.7 Å². The van der Waals surface area contributed by atoms with Crippen molar-refractivity contribution in [3.05, 3.63) is 105 Å². The summed E-state index contributed by atoms with van der Waals surface area (Å²) in [5, 5.41) is 18.8. The molecule has 2 fully saturated rings. The number of hydrogen-bond donors (Lipinski definition) is 5. The predicted octanol–water partition coefficient (Wildman–Crippen LogP) is 4.72. The number of hydrogen-bond acceptors (Lipinski definition) is 10. The van der Waals surface area contributed by atoms with Gasteiger partial charge < -0.3 is 35.8 Å². The molecule has 340 valence electrons. The third kappa shape index (κ3) is 9.54. The molecule has 5 heterocycles. The van der Waals surface area contributed by atoms with Gasteiger partial charge in [0.1, 0.15) is 24.2 Å². The summed E-state index contributed by atoms with van der Waals surface area (Å²) in [5.74, 6) is -0.463. The van der Waals surface area contributed by atoms with Crippen LogP contribution in [0.5, 0.6) is 5.75 Å². The van der Waals surface area contributed by atoms with Crippen LogP contribution in [0.2, 0.25) is 0 Å². The maximum absolute atomic E-state index is 14.6. The zero-order valence-corrected chi connectivity index (χ0v) is 36.7. The van der Waals surface area contributed by atoms with Crippen LogP contribution in [-0.2, 0) is 40.5 Å². The number of carbonyl (C=O) groups excluding carboxylic acids is 4. The summed E-state index contributed by atoms with van der Waals surface area (Å²) in [6, 6.07) is 16.6. The van der Waals surface area contributed by atoms with E-state index in [4.69, 9.17) is 10.5 Å². The van der Waals surface area contributed by atoms with Gasteiger partial charge in [-0.05, 0) is 79.6 Å². The van der Waals surface area contributed by atoms with Crippen LogP contribution >= 0.6 is 0 Å². The maximum atomic E-state index is 14.6. The molecule has 0 aromatic heterocycles. The first-order chi connectivity index (χ1) is 30.9. The number of likely N-dealkylation sites (tertiary alicyclic amines) is 1. The summed E-state index contributed by atoms with van der Waals surface area (Å²) in [5.41, 5.74) is 13.2. The number of halogens is 2. The van der Waals surface area contributed by atoms with Gasteiger partial charge in [0.15, 0.2) is 0 Å². The fraction of sp³-hybridized carbons (Fsp3) is 0.479. The lowest BCUT2D eigenvalue weighted by atomic mass is 9.88. The molecule has 5 aliphatic heterocycles. The zero-order valence-electron chi connectivity index (χ0n) is 36.7. The number of nitrogens with zero attached hydrogens (tertiary/aromatic N) is 4. The second-order valence-electron chi connectivity index (χ2n) is 17.6. The highest BCUT2D eigenvalue weighted by Gasteiger charge is 2.40. The number of nitrogens with one attached hydrogen (secondary N) is 4. The monoisotopic (exact) mass is 879 g/mol. The van der Waals surface area contributed by atoms with Crippen molar-refractivity contribution in [1.29, 1.82) is 5.41 Å². The van der Waals surface area contributed by atoms with E-state index in [0.717, 1.165) is 73.3 Å². The van der Waals surface area contributed by atoms with Crippen molar-refractivity contribution in [3.8, 4) is 5.75 Å². The number of carbonyl (C=O) groups is 4. The molecule has 5 aliphatic rings. The van der Waals surface area contributed by atoms with Crippen molar-refractivity contribution in [3.63, 3.8) is 0 Å². The predicted molar refractivity (Wildman–Crippen MR) is 239 cm³/mol. The van der Waals surface area contributed by atoms with Crippen LogP contribution in [0.4, 0.5) is 14.5 Å². The number of piperidine rings is 2. The number of nitrogens with two attached hydrogens (primary N) is 1. The third-order valence-electron chi connectivity index (χ3n) is 13.5. The number of amidine groups is 1. The van der Waals surface area contributed by atoms with Gasteiger partial charge in [-0.2, -0.15) is 0 Å². The van der Waals surface area contributed by atoms with Gasteiger partial charge in [0.05, 0.1) is 13.1 Å². The first-order valence-electron chi connectivity index (χ1n) is 22.5. The molecular formula is C48H59F2N9O5. The summed E-state index contributed by atoms with van der Waals surface area (Å²) in [6.07, 6.45) is 1.71. The molecular weight excluding hydrogens is 821 g/mol. The quantitative estimate of drug-likeness (QED) is 0.0867. The molecule has 14 nitrogen and oxygen atoms in total. The molecule has 0 radical (unpaired) electrons. The van der Waals surface area contributed by atoms with E-state index in [2.05, 4.69) is 45.1 Å². The molecule has 6 N–H and O–H groups in total. The minimum atomic E-state index is -2.69. The molecule has 8 rings (SSSR count). The minimum absolute atomic E-state index is 0.0458. The number of ether oxygens (including phenoxy) is 1. The Morgan fingerprint density at radius 2 is 1.72 bits per heavy atom. The van der Waals surface area contributed by atoms with Crippen molar-refractivity contribution in [2.45, 2.75) is 96.0 Å². The minimum Gasteiger partial charge on any atom is -0.489 e. The highest BCUT2D eigenvalue weighted by atomic mass is 19.3. The SMILES string of the molecule is CNCC(CN)c1cc2c(cc1C(F)F)N(C(=N)C1=C(NC3CCN(Cc4ccc(COc5cccc6c5CN(C5CCC(=O)NC5=O)C6=O)cc4)CC3)CCN(C(C)=O)C1)CCC2. The largest absolute Gasteiger partial charge is 0.489 e. The van der Waals surface area contributed by atoms with Crippen LogP contribution in [0.25, 0.3) is 0 Å². The molecule has 0 saturated carbocycles. The fourth-order valence-electron chi connectivity index (χ4n) is 9.92. The molecule has 0 aliphatic carbocycles. The number of likely N-dealkylation sites (N-methyl/N-ethyl adjacent to an activating group) is 1. The number of anilines is 1. The molecule has 4 amide bonds. The molecule has 2 atom stereocenters. The molecule has 3 aromatic carbocycles. The summed E-state index contributed by atoms with van der Waals surface area (Å²) in [4.78, 5) is 57.6. The number of benzene rings is 3. The van der Waals surface area contributed by atoms with E-state index in [1.807, 2.05) is 17.0 Å². The standard InChI is InChI=1S/C48H59F2N9O5/c1-29(60)57-20-16-40(39(26-57)46(52)58-17-4-5-32-21-36(33(23-51)24-53-2)37(45(49)50)22-42(32)58)54-34-14-18-56(19-15-34)25-30-8-10-31(11-9-30)28-64-43-7-3-6-35-38(43)27-59(48(35)63)41-12-13-44(61)55-47(41)62/h3,6-11,21-22,33-34,41,45,52-54H,4-5,12-20,23-28,51H2,1-2H3,(H,55,61,62). The van der Waals surface area contributed by atoms with Crippen LogP contribution in [-0.4, -0.2) is 109 Å². The lowest BCUT2D eigenvalue weighted by Crippen LogP contribution is -2.52. The van der Waals surface area contributed by atoms with E-state index in [9.17, 15) is 33.4 Å².